The fourth-order valence-electron chi connectivity index (χ4n) is 2.03. The molecular weight excluding hydrogens is 288 g/mol. The molecule has 1 atom stereocenters. The number of carboxylic acid groups (broad SMARTS) is 1. The van der Waals surface area contributed by atoms with Crippen LogP contribution in [-0.2, 0) is 0 Å². The zero-order valence-corrected chi connectivity index (χ0v) is 12.4. The second kappa shape index (κ2) is 6.30. The van der Waals surface area contributed by atoms with Crippen LogP contribution in [0.3, 0.4) is 0 Å². The third-order valence-electron chi connectivity index (χ3n) is 3.20. The maximum Gasteiger partial charge on any atom is 0.341 e. The Hall–Kier alpha value is -2.83. The largest absolute Gasteiger partial charge is 0.497 e. The number of nitrogens with zero attached hydrogens (tertiary/aromatic N) is 1. The number of carboxylic acids is 1. The maximum absolute atomic E-state index is 12.2. The van der Waals surface area contributed by atoms with Gasteiger partial charge in [0.2, 0.25) is 0 Å². The number of ether oxygens (including phenoxy) is 1. The molecule has 0 aliphatic carbocycles. The summed E-state index contributed by atoms with van der Waals surface area (Å²) in [4.78, 5) is 23.4. The van der Waals surface area contributed by atoms with Gasteiger partial charge in [0, 0.05) is 5.56 Å². The first-order chi connectivity index (χ1) is 10.4. The number of carbonyl (C=O) groups is 2. The molecule has 2 N–H and O–H groups in total. The Labute approximate surface area is 126 Å². The van der Waals surface area contributed by atoms with Gasteiger partial charge in [-0.05, 0) is 38.1 Å². The molecule has 1 aromatic heterocycles. The zero-order valence-electron chi connectivity index (χ0n) is 12.4. The first-order valence-electron chi connectivity index (χ1n) is 6.58. The number of carbonyl (C=O) groups excluding carboxylic acids is 1. The first-order valence-corrected chi connectivity index (χ1v) is 6.58. The minimum absolute atomic E-state index is 0.0254. The molecule has 1 heterocycles. The van der Waals surface area contributed by atoms with Gasteiger partial charge < -0.3 is 19.7 Å². The summed E-state index contributed by atoms with van der Waals surface area (Å²) in [5.74, 6) is -0.727. The van der Waals surface area contributed by atoms with E-state index in [-0.39, 0.29) is 22.9 Å². The van der Waals surface area contributed by atoms with Gasteiger partial charge in [-0.2, -0.15) is 0 Å². The highest BCUT2D eigenvalue weighted by molar-refractivity contribution is 5.95. The minimum Gasteiger partial charge on any atom is -0.497 e. The Kier molecular flexibility index (Phi) is 4.45. The van der Waals surface area contributed by atoms with E-state index in [0.717, 1.165) is 0 Å². The van der Waals surface area contributed by atoms with Gasteiger partial charge in [-0.25, -0.2) is 4.79 Å². The van der Waals surface area contributed by atoms with E-state index in [2.05, 4.69) is 10.5 Å². The summed E-state index contributed by atoms with van der Waals surface area (Å²) in [7, 11) is 1.54. The predicted molar refractivity (Wildman–Crippen MR) is 77.1 cm³/mol. The van der Waals surface area contributed by atoms with Crippen molar-refractivity contribution in [3.05, 3.63) is 46.8 Å². The van der Waals surface area contributed by atoms with Crippen molar-refractivity contribution < 1.29 is 24.0 Å². The summed E-state index contributed by atoms with van der Waals surface area (Å²) in [5, 5.41) is 15.5. The van der Waals surface area contributed by atoms with Gasteiger partial charge in [0.25, 0.3) is 5.91 Å². The average Bonchev–Trinajstić information content (AvgIpc) is 2.89. The van der Waals surface area contributed by atoms with Gasteiger partial charge >= 0.3 is 5.97 Å². The Morgan fingerprint density at radius 3 is 2.50 bits per heavy atom. The van der Waals surface area contributed by atoms with Gasteiger partial charge in [0.15, 0.2) is 5.76 Å². The van der Waals surface area contributed by atoms with Gasteiger partial charge in [-0.3, -0.25) is 4.79 Å². The molecule has 22 heavy (non-hydrogen) atoms. The van der Waals surface area contributed by atoms with Crippen LogP contribution in [0.25, 0.3) is 0 Å². The molecule has 2 aromatic rings. The Morgan fingerprint density at radius 1 is 1.32 bits per heavy atom. The molecule has 1 amide bonds. The highest BCUT2D eigenvalue weighted by Gasteiger charge is 2.25. The molecule has 0 fully saturated rings. The van der Waals surface area contributed by atoms with Crippen LogP contribution in [0.4, 0.5) is 0 Å². The molecule has 0 aliphatic heterocycles. The first kappa shape index (κ1) is 15.6. The monoisotopic (exact) mass is 304 g/mol. The van der Waals surface area contributed by atoms with Gasteiger partial charge in [0.05, 0.1) is 18.8 Å². The van der Waals surface area contributed by atoms with E-state index in [9.17, 15) is 9.59 Å². The molecule has 116 valence electrons. The van der Waals surface area contributed by atoms with E-state index in [4.69, 9.17) is 14.4 Å². The van der Waals surface area contributed by atoms with Crippen molar-refractivity contribution in [2.75, 3.05) is 7.11 Å². The van der Waals surface area contributed by atoms with E-state index in [1.54, 1.807) is 31.2 Å². The van der Waals surface area contributed by atoms with E-state index in [1.807, 2.05) is 0 Å². The summed E-state index contributed by atoms with van der Waals surface area (Å²) in [5.41, 5.74) is 0.677. The van der Waals surface area contributed by atoms with Crippen molar-refractivity contribution in [2.45, 2.75) is 19.9 Å². The van der Waals surface area contributed by atoms with Crippen LogP contribution in [0.5, 0.6) is 5.75 Å². The van der Waals surface area contributed by atoms with E-state index < -0.39 is 12.0 Å². The third-order valence-corrected chi connectivity index (χ3v) is 3.20. The number of hydrogen-bond donors (Lipinski definition) is 2. The van der Waals surface area contributed by atoms with Crippen LogP contribution in [0.2, 0.25) is 0 Å². The molecule has 0 saturated carbocycles. The minimum atomic E-state index is -1.14. The van der Waals surface area contributed by atoms with E-state index >= 15 is 0 Å². The standard InChI is InChI=1S/C15H16N2O5/c1-8-12(15(19)20)13(22-17-8)9(2)16-14(18)10-4-6-11(21-3)7-5-10/h4-7,9H,1-3H3,(H,16,18)(H,19,20)/t9-/m1/s1. The maximum atomic E-state index is 12.2. The molecule has 0 radical (unpaired) electrons. The number of rotatable bonds is 5. The number of nitrogens with one attached hydrogen (secondary N) is 1. The molecule has 0 bridgehead atoms. The lowest BCUT2D eigenvalue weighted by Gasteiger charge is -2.12. The number of aromatic nitrogens is 1. The van der Waals surface area contributed by atoms with Crippen LogP contribution in [0.15, 0.2) is 28.8 Å². The number of aryl methyl sites for hydroxylation is 1. The summed E-state index contributed by atoms with van der Waals surface area (Å²) in [6.45, 7) is 3.17. The van der Waals surface area contributed by atoms with E-state index in [1.165, 1.54) is 14.0 Å². The quantitative estimate of drug-likeness (QED) is 0.878. The lowest BCUT2D eigenvalue weighted by Crippen LogP contribution is -2.27. The van der Waals surface area contributed by atoms with Crippen molar-refractivity contribution in [2.24, 2.45) is 0 Å². The summed E-state index contributed by atoms with van der Waals surface area (Å²) in [6.07, 6.45) is 0. The Morgan fingerprint density at radius 2 is 1.95 bits per heavy atom. The zero-order chi connectivity index (χ0) is 16.3. The number of hydrogen-bond acceptors (Lipinski definition) is 5. The second-order valence-corrected chi connectivity index (χ2v) is 4.74. The van der Waals surface area contributed by atoms with Crippen molar-refractivity contribution in [3.63, 3.8) is 0 Å². The lowest BCUT2D eigenvalue weighted by molar-refractivity contribution is 0.0690. The molecule has 0 spiro atoms. The SMILES string of the molecule is COc1ccc(C(=O)N[C@H](C)c2onc(C)c2C(=O)O)cc1. The van der Waals surface area contributed by atoms with Crippen molar-refractivity contribution in [3.8, 4) is 5.75 Å². The second-order valence-electron chi connectivity index (χ2n) is 4.74. The average molecular weight is 304 g/mol. The normalized spacial score (nSPS) is 11.8. The number of aromatic carboxylic acids is 1. The summed E-state index contributed by atoms with van der Waals surface area (Å²) >= 11 is 0. The molecule has 0 unspecified atom stereocenters. The predicted octanol–water partition coefficient (Wildman–Crippen LogP) is 2.18. The smallest absolute Gasteiger partial charge is 0.341 e. The lowest BCUT2D eigenvalue weighted by atomic mass is 10.1. The number of amides is 1. The fourth-order valence-corrected chi connectivity index (χ4v) is 2.03. The molecule has 0 aliphatic rings. The molecule has 2 rings (SSSR count). The highest BCUT2D eigenvalue weighted by atomic mass is 16.5. The number of benzene rings is 1. The molecule has 7 heteroatoms. The van der Waals surface area contributed by atoms with Crippen molar-refractivity contribution in [1.29, 1.82) is 0 Å². The van der Waals surface area contributed by atoms with Crippen LogP contribution < -0.4 is 10.1 Å². The van der Waals surface area contributed by atoms with Gasteiger partial charge in [-0.1, -0.05) is 5.16 Å². The summed E-state index contributed by atoms with van der Waals surface area (Å²) in [6, 6.07) is 5.94. The third kappa shape index (κ3) is 3.08. The van der Waals surface area contributed by atoms with Crippen molar-refractivity contribution >= 4 is 11.9 Å². The molecule has 0 saturated heterocycles. The Bertz CT molecular complexity index is 690. The van der Waals surface area contributed by atoms with Gasteiger partial charge in [-0.15, -0.1) is 0 Å². The molecule has 7 nitrogen and oxygen atoms in total. The van der Waals surface area contributed by atoms with Crippen LogP contribution >= 0.6 is 0 Å². The van der Waals surface area contributed by atoms with Crippen LogP contribution in [0, 0.1) is 6.92 Å². The van der Waals surface area contributed by atoms with Crippen LogP contribution in [0.1, 0.15) is 45.1 Å². The van der Waals surface area contributed by atoms with Gasteiger partial charge in [0.1, 0.15) is 11.3 Å². The number of methoxy groups -OCH3 is 1. The fraction of sp³-hybridized carbons (Fsp3) is 0.267. The topological polar surface area (TPSA) is 102 Å². The highest BCUT2D eigenvalue weighted by Crippen LogP contribution is 2.21. The van der Waals surface area contributed by atoms with Crippen molar-refractivity contribution in [1.82, 2.24) is 10.5 Å². The molecular formula is C15H16N2O5. The van der Waals surface area contributed by atoms with E-state index in [0.29, 0.717) is 11.3 Å². The van der Waals surface area contributed by atoms with Crippen LogP contribution in [-0.4, -0.2) is 29.2 Å². The summed E-state index contributed by atoms with van der Waals surface area (Å²) < 4.78 is 10.1. The Balaban J connectivity index is 2.15. The molecule has 1 aromatic carbocycles.